The molecule has 0 aliphatic carbocycles. The van der Waals surface area contributed by atoms with Gasteiger partial charge in [0.25, 0.3) is 0 Å². The van der Waals surface area contributed by atoms with Crippen LogP contribution in [0, 0.1) is 5.92 Å². The number of hydrogen-bond donors (Lipinski definition) is 1. The van der Waals surface area contributed by atoms with E-state index < -0.39 is 0 Å². The maximum atomic E-state index is 4.36. The molecule has 2 nitrogen and oxygen atoms in total. The molecule has 96 valence electrons. The summed E-state index contributed by atoms with van der Waals surface area (Å²) in [6.45, 7) is 2.30. The van der Waals surface area contributed by atoms with Gasteiger partial charge in [0.1, 0.15) is 0 Å². The molecule has 1 N–H and O–H groups in total. The lowest BCUT2D eigenvalue weighted by atomic mass is 9.95. The molecule has 0 fully saturated rings. The molecule has 2 atom stereocenters. The van der Waals surface area contributed by atoms with Crippen LogP contribution in [0.2, 0.25) is 0 Å². The Kier molecular flexibility index (Phi) is 4.61. The number of benzene rings is 1. The van der Waals surface area contributed by atoms with Crippen LogP contribution in [-0.2, 0) is 0 Å². The molecule has 1 heterocycles. The molecule has 0 saturated carbocycles. The maximum Gasteiger partial charge on any atom is 0.0702 e. The fraction of sp³-hybridized carbons (Fsp3) is 0.400. The molecule has 3 heteroatoms. The predicted molar refractivity (Wildman–Crippen MR) is 81.1 cm³/mol. The first-order valence-electron chi connectivity index (χ1n) is 6.27. The van der Waals surface area contributed by atoms with E-state index in [1.807, 2.05) is 31.1 Å². The van der Waals surface area contributed by atoms with Gasteiger partial charge < -0.3 is 5.32 Å². The summed E-state index contributed by atoms with van der Waals surface area (Å²) in [6.07, 6.45) is 4.00. The molecular weight excluding hydrogens is 240 g/mol. The maximum absolute atomic E-state index is 4.36. The Balaban J connectivity index is 2.33. The number of nitrogens with one attached hydrogen (secondary N) is 1. The summed E-state index contributed by atoms with van der Waals surface area (Å²) in [4.78, 5) is 4.36. The molecule has 18 heavy (non-hydrogen) atoms. The molecule has 0 aliphatic rings. The van der Waals surface area contributed by atoms with Crippen LogP contribution in [0.25, 0.3) is 10.9 Å². The molecule has 0 amide bonds. The van der Waals surface area contributed by atoms with Crippen LogP contribution in [0.1, 0.15) is 18.5 Å². The van der Waals surface area contributed by atoms with Crippen LogP contribution in [-0.4, -0.2) is 24.0 Å². The zero-order valence-electron chi connectivity index (χ0n) is 11.2. The highest BCUT2D eigenvalue weighted by atomic mass is 32.2. The monoisotopic (exact) mass is 260 g/mol. The Morgan fingerprint density at radius 1 is 1.33 bits per heavy atom. The molecule has 2 unspecified atom stereocenters. The summed E-state index contributed by atoms with van der Waals surface area (Å²) in [6, 6.07) is 11.1. The van der Waals surface area contributed by atoms with Gasteiger partial charge in [-0.05, 0) is 48.7 Å². The highest BCUT2D eigenvalue weighted by molar-refractivity contribution is 7.98. The van der Waals surface area contributed by atoms with Gasteiger partial charge in [0.05, 0.1) is 5.52 Å². The molecule has 0 bridgehead atoms. The third kappa shape index (κ3) is 2.85. The lowest BCUT2D eigenvalue weighted by Gasteiger charge is -2.23. The van der Waals surface area contributed by atoms with Crippen LogP contribution in [0.4, 0.5) is 0 Å². The molecule has 1 aromatic heterocycles. The first kappa shape index (κ1) is 13.4. The Hall–Kier alpha value is -1.06. The second-order valence-electron chi connectivity index (χ2n) is 4.65. The molecule has 2 aromatic rings. The number of pyridine rings is 1. The smallest absolute Gasteiger partial charge is 0.0702 e. The highest BCUT2D eigenvalue weighted by Crippen LogP contribution is 2.26. The van der Waals surface area contributed by atoms with E-state index in [4.69, 9.17) is 0 Å². The first-order valence-corrected chi connectivity index (χ1v) is 7.66. The van der Waals surface area contributed by atoms with Gasteiger partial charge in [0, 0.05) is 17.6 Å². The van der Waals surface area contributed by atoms with E-state index >= 15 is 0 Å². The minimum Gasteiger partial charge on any atom is -0.313 e. The molecular formula is C15H20N2S. The second kappa shape index (κ2) is 6.21. The van der Waals surface area contributed by atoms with Crippen molar-refractivity contribution in [1.29, 1.82) is 0 Å². The highest BCUT2D eigenvalue weighted by Gasteiger charge is 2.17. The molecule has 1 aromatic carbocycles. The molecule has 0 saturated heterocycles. The van der Waals surface area contributed by atoms with Crippen LogP contribution in [0.5, 0.6) is 0 Å². The van der Waals surface area contributed by atoms with E-state index in [0.29, 0.717) is 12.0 Å². The predicted octanol–water partition coefficient (Wildman–Crippen LogP) is 3.49. The third-order valence-electron chi connectivity index (χ3n) is 3.30. The molecule has 0 spiro atoms. The van der Waals surface area contributed by atoms with Gasteiger partial charge in [0.15, 0.2) is 0 Å². The van der Waals surface area contributed by atoms with Gasteiger partial charge in [0.2, 0.25) is 0 Å². The SMILES string of the molecule is CNC(c1ccc2ncccc2c1)C(C)CSC. The van der Waals surface area contributed by atoms with Gasteiger partial charge in [-0.3, -0.25) is 4.98 Å². The Morgan fingerprint density at radius 2 is 2.17 bits per heavy atom. The van der Waals surface area contributed by atoms with E-state index in [-0.39, 0.29) is 0 Å². The van der Waals surface area contributed by atoms with Crippen molar-refractivity contribution in [1.82, 2.24) is 10.3 Å². The second-order valence-corrected chi connectivity index (χ2v) is 5.57. The lowest BCUT2D eigenvalue weighted by molar-refractivity contribution is 0.450. The normalized spacial score (nSPS) is 14.6. The number of rotatable bonds is 5. The minimum atomic E-state index is 0.405. The third-order valence-corrected chi connectivity index (χ3v) is 4.15. The fourth-order valence-electron chi connectivity index (χ4n) is 2.43. The van der Waals surface area contributed by atoms with Crippen molar-refractivity contribution in [2.45, 2.75) is 13.0 Å². The van der Waals surface area contributed by atoms with Crippen LogP contribution < -0.4 is 5.32 Å². The van der Waals surface area contributed by atoms with E-state index in [0.717, 1.165) is 11.3 Å². The topological polar surface area (TPSA) is 24.9 Å². The average Bonchev–Trinajstić information content (AvgIpc) is 2.40. The van der Waals surface area contributed by atoms with Crippen LogP contribution >= 0.6 is 11.8 Å². The molecule has 2 rings (SSSR count). The van der Waals surface area contributed by atoms with E-state index in [2.05, 4.69) is 47.7 Å². The van der Waals surface area contributed by atoms with Gasteiger partial charge >= 0.3 is 0 Å². The van der Waals surface area contributed by atoms with Gasteiger partial charge in [-0.25, -0.2) is 0 Å². The van der Waals surface area contributed by atoms with Crippen molar-refractivity contribution in [3.8, 4) is 0 Å². The number of hydrogen-bond acceptors (Lipinski definition) is 3. The van der Waals surface area contributed by atoms with Crippen molar-refractivity contribution >= 4 is 22.7 Å². The fourth-order valence-corrected chi connectivity index (χ4v) is 3.14. The summed E-state index contributed by atoms with van der Waals surface area (Å²) in [5.74, 6) is 1.77. The van der Waals surface area contributed by atoms with Gasteiger partial charge in [-0.1, -0.05) is 19.1 Å². The van der Waals surface area contributed by atoms with Crippen molar-refractivity contribution in [2.24, 2.45) is 5.92 Å². The summed E-state index contributed by atoms with van der Waals surface area (Å²) in [5, 5.41) is 4.65. The quantitative estimate of drug-likeness (QED) is 0.890. The van der Waals surface area contributed by atoms with Crippen molar-refractivity contribution in [3.63, 3.8) is 0 Å². The number of fused-ring (bicyclic) bond motifs is 1. The number of thioether (sulfide) groups is 1. The van der Waals surface area contributed by atoms with Crippen molar-refractivity contribution in [3.05, 3.63) is 42.1 Å². The lowest BCUT2D eigenvalue weighted by Crippen LogP contribution is -2.24. The molecule has 0 aliphatic heterocycles. The average molecular weight is 260 g/mol. The van der Waals surface area contributed by atoms with Crippen molar-refractivity contribution < 1.29 is 0 Å². The zero-order chi connectivity index (χ0) is 13.0. The minimum absolute atomic E-state index is 0.405. The summed E-state index contributed by atoms with van der Waals surface area (Å²) < 4.78 is 0. The molecule has 0 radical (unpaired) electrons. The zero-order valence-corrected chi connectivity index (χ0v) is 12.0. The number of nitrogens with zero attached hydrogens (tertiary/aromatic N) is 1. The summed E-state index contributed by atoms with van der Waals surface area (Å²) in [7, 11) is 2.04. The van der Waals surface area contributed by atoms with Gasteiger partial charge in [-0.15, -0.1) is 0 Å². The Labute approximate surface area is 113 Å². The van der Waals surface area contributed by atoms with E-state index in [9.17, 15) is 0 Å². The standard InChI is InChI=1S/C15H20N2S/c1-11(10-18-3)15(16-2)13-6-7-14-12(9-13)5-4-8-17-14/h4-9,11,15-16H,10H2,1-3H3. The van der Waals surface area contributed by atoms with E-state index in [1.54, 1.807) is 0 Å². The van der Waals surface area contributed by atoms with Gasteiger partial charge in [-0.2, -0.15) is 11.8 Å². The summed E-state index contributed by atoms with van der Waals surface area (Å²) in [5.41, 5.74) is 2.41. The van der Waals surface area contributed by atoms with Crippen molar-refractivity contribution in [2.75, 3.05) is 19.1 Å². The number of aromatic nitrogens is 1. The van der Waals surface area contributed by atoms with Crippen LogP contribution in [0.15, 0.2) is 36.5 Å². The summed E-state index contributed by atoms with van der Waals surface area (Å²) >= 11 is 1.90. The Morgan fingerprint density at radius 3 is 2.89 bits per heavy atom. The first-order chi connectivity index (χ1) is 8.76. The Bertz CT molecular complexity index is 513. The van der Waals surface area contributed by atoms with E-state index in [1.165, 1.54) is 10.9 Å². The van der Waals surface area contributed by atoms with Crippen LogP contribution in [0.3, 0.4) is 0 Å². The largest absolute Gasteiger partial charge is 0.313 e.